The van der Waals surface area contributed by atoms with Crippen molar-refractivity contribution in [3.05, 3.63) is 0 Å². The summed E-state index contributed by atoms with van der Waals surface area (Å²) in [6.45, 7) is 4.57. The lowest BCUT2D eigenvalue weighted by atomic mass is 9.69. The van der Waals surface area contributed by atoms with Crippen LogP contribution < -0.4 is 0 Å². The Morgan fingerprint density at radius 1 is 1.21 bits per heavy atom. The molecule has 0 amide bonds. The highest BCUT2D eigenvalue weighted by Gasteiger charge is 2.35. The largest absolute Gasteiger partial charge is 0.390 e. The van der Waals surface area contributed by atoms with Gasteiger partial charge in [-0.25, -0.2) is 0 Å². The third kappa shape index (κ3) is 3.35. The van der Waals surface area contributed by atoms with Crippen molar-refractivity contribution in [2.75, 3.05) is 0 Å². The monoisotopic (exact) mass is 194 g/mol. The molecule has 1 heteroatoms. The highest BCUT2D eigenvalue weighted by Crippen LogP contribution is 2.42. The lowest BCUT2D eigenvalue weighted by Crippen LogP contribution is -2.36. The van der Waals surface area contributed by atoms with Gasteiger partial charge in [-0.1, -0.05) is 13.8 Å². The van der Waals surface area contributed by atoms with Gasteiger partial charge in [0.15, 0.2) is 0 Å². The molecule has 1 nitrogen and oxygen atoms in total. The Morgan fingerprint density at radius 2 is 1.79 bits per heavy atom. The minimum Gasteiger partial charge on any atom is -0.390 e. The second kappa shape index (κ2) is 4.36. The molecular formula is C13H22O. The van der Waals surface area contributed by atoms with Crippen molar-refractivity contribution in [2.24, 2.45) is 5.41 Å². The fourth-order valence-corrected chi connectivity index (χ4v) is 2.16. The van der Waals surface area contributed by atoms with Crippen LogP contribution in [0.3, 0.4) is 0 Å². The highest BCUT2D eigenvalue weighted by atomic mass is 16.3. The molecular weight excluding hydrogens is 172 g/mol. The molecule has 0 atom stereocenters. The van der Waals surface area contributed by atoms with Crippen LogP contribution in [0.5, 0.6) is 0 Å². The zero-order chi connectivity index (χ0) is 10.7. The standard InChI is InChI=1S/C13H22O/c1-4-5-6-7-13(14)10-8-12(2,3)9-11-13/h1,14H,5-11H2,2-3H3. The van der Waals surface area contributed by atoms with E-state index in [2.05, 4.69) is 19.8 Å². The van der Waals surface area contributed by atoms with Crippen LogP contribution in [0.1, 0.15) is 58.8 Å². The lowest BCUT2D eigenvalue weighted by Gasteiger charge is -2.40. The fraction of sp³-hybridized carbons (Fsp3) is 0.846. The van der Waals surface area contributed by atoms with Gasteiger partial charge in [-0.2, -0.15) is 0 Å². The second-order valence-corrected chi connectivity index (χ2v) is 5.45. The molecule has 1 saturated carbocycles. The SMILES string of the molecule is C#CCCCC1(O)CCC(C)(C)CC1. The molecule has 1 aliphatic rings. The van der Waals surface area contributed by atoms with Crippen LogP contribution in [0.15, 0.2) is 0 Å². The summed E-state index contributed by atoms with van der Waals surface area (Å²) in [4.78, 5) is 0. The van der Waals surface area contributed by atoms with Gasteiger partial charge >= 0.3 is 0 Å². The second-order valence-electron chi connectivity index (χ2n) is 5.45. The zero-order valence-corrected chi connectivity index (χ0v) is 9.47. The summed E-state index contributed by atoms with van der Waals surface area (Å²) < 4.78 is 0. The first-order valence-corrected chi connectivity index (χ1v) is 5.63. The summed E-state index contributed by atoms with van der Waals surface area (Å²) in [5.41, 5.74) is 0.0186. The molecule has 0 aromatic carbocycles. The number of hydrogen-bond acceptors (Lipinski definition) is 1. The van der Waals surface area contributed by atoms with Gasteiger partial charge in [0, 0.05) is 6.42 Å². The summed E-state index contributed by atoms with van der Waals surface area (Å²) >= 11 is 0. The van der Waals surface area contributed by atoms with Crippen molar-refractivity contribution in [2.45, 2.75) is 64.4 Å². The summed E-state index contributed by atoms with van der Waals surface area (Å²) in [5, 5.41) is 10.3. The van der Waals surface area contributed by atoms with Crippen LogP contribution in [-0.2, 0) is 0 Å². The summed E-state index contributed by atoms with van der Waals surface area (Å²) in [6.07, 6.45) is 12.0. The van der Waals surface area contributed by atoms with Gasteiger partial charge in [-0.3, -0.25) is 0 Å². The maximum absolute atomic E-state index is 10.3. The minimum atomic E-state index is -0.410. The van der Waals surface area contributed by atoms with Crippen LogP contribution in [0.4, 0.5) is 0 Å². The van der Waals surface area contributed by atoms with Crippen molar-refractivity contribution >= 4 is 0 Å². The van der Waals surface area contributed by atoms with E-state index in [-0.39, 0.29) is 0 Å². The molecule has 0 heterocycles. The fourth-order valence-electron chi connectivity index (χ4n) is 2.16. The molecule has 80 valence electrons. The van der Waals surface area contributed by atoms with E-state index in [1.807, 2.05) is 0 Å². The van der Waals surface area contributed by atoms with Crippen molar-refractivity contribution in [1.29, 1.82) is 0 Å². The first kappa shape index (κ1) is 11.6. The molecule has 0 unspecified atom stereocenters. The van der Waals surface area contributed by atoms with Crippen LogP contribution in [0.25, 0.3) is 0 Å². The molecule has 0 spiro atoms. The quantitative estimate of drug-likeness (QED) is 0.540. The molecule has 0 radical (unpaired) electrons. The Bertz CT molecular complexity index is 212. The number of unbranched alkanes of at least 4 members (excludes halogenated alkanes) is 1. The third-order valence-electron chi connectivity index (χ3n) is 3.50. The highest BCUT2D eigenvalue weighted by molar-refractivity contribution is 4.91. The molecule has 14 heavy (non-hydrogen) atoms. The molecule has 1 N–H and O–H groups in total. The van der Waals surface area contributed by atoms with Gasteiger partial charge < -0.3 is 5.11 Å². The van der Waals surface area contributed by atoms with Gasteiger partial charge in [0.25, 0.3) is 0 Å². The average Bonchev–Trinajstić information content (AvgIpc) is 2.12. The Morgan fingerprint density at radius 3 is 2.29 bits per heavy atom. The summed E-state index contributed by atoms with van der Waals surface area (Å²) in [5.74, 6) is 2.63. The van der Waals surface area contributed by atoms with Gasteiger partial charge in [0.05, 0.1) is 5.60 Å². The first-order valence-electron chi connectivity index (χ1n) is 5.63. The summed E-state index contributed by atoms with van der Waals surface area (Å²) in [7, 11) is 0. The van der Waals surface area contributed by atoms with Crippen molar-refractivity contribution in [3.63, 3.8) is 0 Å². The average molecular weight is 194 g/mol. The van der Waals surface area contributed by atoms with Gasteiger partial charge in [0.1, 0.15) is 0 Å². The molecule has 0 aromatic rings. The predicted octanol–water partition coefficient (Wildman–Crippen LogP) is 3.12. The maximum Gasteiger partial charge on any atom is 0.0648 e. The smallest absolute Gasteiger partial charge is 0.0648 e. The predicted molar refractivity (Wildman–Crippen MR) is 59.9 cm³/mol. The number of rotatable bonds is 3. The topological polar surface area (TPSA) is 20.2 Å². The molecule has 0 bridgehead atoms. The van der Waals surface area contributed by atoms with Crippen LogP contribution >= 0.6 is 0 Å². The molecule has 0 saturated heterocycles. The van der Waals surface area contributed by atoms with Gasteiger partial charge in [-0.15, -0.1) is 12.3 Å². The maximum atomic E-state index is 10.3. The Balaban J connectivity index is 2.34. The number of terminal acetylenes is 1. The molecule has 0 aromatic heterocycles. The minimum absolute atomic E-state index is 0.410. The Hall–Kier alpha value is -0.480. The first-order chi connectivity index (χ1) is 6.47. The molecule has 1 rings (SSSR count). The Kier molecular flexibility index (Phi) is 3.61. The van der Waals surface area contributed by atoms with Gasteiger partial charge in [-0.05, 0) is 43.9 Å². The van der Waals surface area contributed by atoms with Crippen LogP contribution in [0, 0.1) is 17.8 Å². The van der Waals surface area contributed by atoms with Crippen LogP contribution in [0.2, 0.25) is 0 Å². The molecule has 1 aliphatic carbocycles. The van der Waals surface area contributed by atoms with Crippen molar-refractivity contribution in [1.82, 2.24) is 0 Å². The van der Waals surface area contributed by atoms with E-state index in [9.17, 15) is 5.11 Å². The lowest BCUT2D eigenvalue weighted by molar-refractivity contribution is -0.0331. The third-order valence-corrected chi connectivity index (χ3v) is 3.50. The zero-order valence-electron chi connectivity index (χ0n) is 9.47. The van der Waals surface area contributed by atoms with Gasteiger partial charge in [0.2, 0.25) is 0 Å². The molecule has 1 fully saturated rings. The van der Waals surface area contributed by atoms with E-state index in [0.717, 1.165) is 44.9 Å². The van der Waals surface area contributed by atoms with Crippen molar-refractivity contribution in [3.8, 4) is 12.3 Å². The summed E-state index contributed by atoms with van der Waals surface area (Å²) in [6, 6.07) is 0. The Labute approximate surface area is 87.9 Å². The van der Waals surface area contributed by atoms with E-state index >= 15 is 0 Å². The van der Waals surface area contributed by atoms with E-state index in [4.69, 9.17) is 6.42 Å². The number of hydrogen-bond donors (Lipinski definition) is 1. The van der Waals surface area contributed by atoms with E-state index in [0.29, 0.717) is 5.41 Å². The molecule has 0 aliphatic heterocycles. The van der Waals surface area contributed by atoms with E-state index in [1.54, 1.807) is 0 Å². The van der Waals surface area contributed by atoms with Crippen molar-refractivity contribution < 1.29 is 5.11 Å². The van der Waals surface area contributed by atoms with E-state index < -0.39 is 5.60 Å². The normalized spacial score (nSPS) is 24.1. The number of aliphatic hydroxyl groups is 1. The van der Waals surface area contributed by atoms with E-state index in [1.165, 1.54) is 0 Å². The van der Waals surface area contributed by atoms with Crippen LogP contribution in [-0.4, -0.2) is 10.7 Å².